The molecule has 0 aliphatic heterocycles. The minimum atomic E-state index is -0.602. The molecule has 1 aliphatic carbocycles. The highest BCUT2D eigenvalue weighted by Gasteiger charge is 2.41. The van der Waals surface area contributed by atoms with Crippen molar-refractivity contribution in [2.75, 3.05) is 14.2 Å². The number of carbonyl (C=O) groups excluding carboxylic acids is 1. The summed E-state index contributed by atoms with van der Waals surface area (Å²) in [7, 11) is 2.74. The van der Waals surface area contributed by atoms with Crippen LogP contribution in [0.3, 0.4) is 0 Å². The summed E-state index contributed by atoms with van der Waals surface area (Å²) in [6.07, 6.45) is 5.52. The lowest BCUT2D eigenvalue weighted by Crippen LogP contribution is -2.12. The molecule has 0 spiro atoms. The molecule has 3 rings (SSSR count). The van der Waals surface area contributed by atoms with Crippen molar-refractivity contribution in [1.29, 1.82) is 0 Å². The molecule has 1 aromatic heterocycles. The van der Waals surface area contributed by atoms with Crippen molar-refractivity contribution in [3.63, 3.8) is 0 Å². The minimum Gasteiger partial charge on any atom is -0.500 e. The highest BCUT2D eigenvalue weighted by molar-refractivity contribution is 5.86. The molecule has 6 heteroatoms. The molecule has 1 aromatic carbocycles. The van der Waals surface area contributed by atoms with Crippen LogP contribution in [0.2, 0.25) is 0 Å². The molecular weight excluding hydrogens is 320 g/mol. The van der Waals surface area contributed by atoms with Crippen LogP contribution >= 0.6 is 0 Å². The number of nitrogens with zero attached hydrogens (tertiary/aromatic N) is 2. The maximum Gasteiger partial charge on any atom is 0.377 e. The number of methoxy groups -OCH3 is 2. The predicted molar refractivity (Wildman–Crippen MR) is 92.6 cm³/mol. The number of esters is 1. The Kier molecular flexibility index (Phi) is 4.53. The summed E-state index contributed by atoms with van der Waals surface area (Å²) in [6.45, 7) is 4.13. The fourth-order valence-corrected chi connectivity index (χ4v) is 2.51. The van der Waals surface area contributed by atoms with Gasteiger partial charge < -0.3 is 14.2 Å². The number of hydrogen-bond acceptors (Lipinski definition) is 5. The SMILES string of the molecule is CO/C=C(\Oc1cc(-n2ccc(C3(C)CC3)n2)ccc1C)C(=O)OC. The van der Waals surface area contributed by atoms with Crippen LogP contribution in [0.5, 0.6) is 5.75 Å². The summed E-state index contributed by atoms with van der Waals surface area (Å²) in [6, 6.07) is 7.78. The Morgan fingerprint density at radius 3 is 2.68 bits per heavy atom. The van der Waals surface area contributed by atoms with Gasteiger partial charge in [0.2, 0.25) is 5.76 Å². The highest BCUT2D eigenvalue weighted by Crippen LogP contribution is 2.46. The first-order valence-corrected chi connectivity index (χ1v) is 8.13. The fourth-order valence-electron chi connectivity index (χ4n) is 2.51. The van der Waals surface area contributed by atoms with Gasteiger partial charge in [-0.05, 0) is 37.5 Å². The Morgan fingerprint density at radius 1 is 1.28 bits per heavy atom. The highest BCUT2D eigenvalue weighted by atomic mass is 16.6. The maximum atomic E-state index is 11.8. The molecule has 1 aliphatic rings. The molecule has 0 atom stereocenters. The molecule has 0 bridgehead atoms. The van der Waals surface area contributed by atoms with Gasteiger partial charge in [0, 0.05) is 17.7 Å². The molecule has 1 fully saturated rings. The molecule has 0 radical (unpaired) electrons. The zero-order chi connectivity index (χ0) is 18.0. The molecule has 25 heavy (non-hydrogen) atoms. The van der Waals surface area contributed by atoms with Gasteiger partial charge in [-0.3, -0.25) is 0 Å². The van der Waals surface area contributed by atoms with Crippen molar-refractivity contribution in [2.45, 2.75) is 32.1 Å². The molecule has 0 amide bonds. The second kappa shape index (κ2) is 6.63. The Bertz CT molecular complexity index is 819. The van der Waals surface area contributed by atoms with Crippen molar-refractivity contribution >= 4 is 5.97 Å². The van der Waals surface area contributed by atoms with Crippen LogP contribution in [-0.4, -0.2) is 30.0 Å². The number of aryl methyl sites for hydroxylation is 1. The van der Waals surface area contributed by atoms with Gasteiger partial charge in [0.25, 0.3) is 0 Å². The van der Waals surface area contributed by atoms with Crippen LogP contribution in [0.15, 0.2) is 42.5 Å². The molecule has 132 valence electrons. The van der Waals surface area contributed by atoms with Gasteiger partial charge in [-0.2, -0.15) is 5.10 Å². The van der Waals surface area contributed by atoms with Gasteiger partial charge in [0.05, 0.1) is 25.6 Å². The zero-order valence-electron chi connectivity index (χ0n) is 14.9. The minimum absolute atomic E-state index is 0.0168. The van der Waals surface area contributed by atoms with Crippen molar-refractivity contribution in [3.05, 3.63) is 53.7 Å². The number of ether oxygens (including phenoxy) is 3. The van der Waals surface area contributed by atoms with E-state index in [2.05, 4.69) is 18.1 Å². The number of hydrogen-bond donors (Lipinski definition) is 0. The first kappa shape index (κ1) is 17.1. The first-order valence-electron chi connectivity index (χ1n) is 8.13. The summed E-state index contributed by atoms with van der Waals surface area (Å²) in [5.74, 6) is -0.0764. The van der Waals surface area contributed by atoms with E-state index in [4.69, 9.17) is 14.2 Å². The zero-order valence-corrected chi connectivity index (χ0v) is 14.9. The van der Waals surface area contributed by atoms with E-state index >= 15 is 0 Å². The topological polar surface area (TPSA) is 62.6 Å². The average molecular weight is 342 g/mol. The van der Waals surface area contributed by atoms with Gasteiger partial charge in [0.1, 0.15) is 12.0 Å². The fraction of sp³-hybridized carbons (Fsp3) is 0.368. The van der Waals surface area contributed by atoms with Gasteiger partial charge in [-0.15, -0.1) is 0 Å². The summed E-state index contributed by atoms with van der Waals surface area (Å²) in [4.78, 5) is 11.8. The van der Waals surface area contributed by atoms with Crippen LogP contribution in [-0.2, 0) is 19.7 Å². The second-order valence-electron chi connectivity index (χ2n) is 6.47. The molecule has 6 nitrogen and oxygen atoms in total. The van der Waals surface area contributed by atoms with Crippen LogP contribution < -0.4 is 4.74 Å². The van der Waals surface area contributed by atoms with E-state index in [0.717, 1.165) is 16.9 Å². The molecule has 0 unspecified atom stereocenters. The van der Waals surface area contributed by atoms with E-state index in [1.807, 2.05) is 36.0 Å². The van der Waals surface area contributed by atoms with E-state index < -0.39 is 5.97 Å². The van der Waals surface area contributed by atoms with E-state index in [1.165, 1.54) is 33.3 Å². The Balaban J connectivity index is 1.89. The Hall–Kier alpha value is -2.76. The van der Waals surface area contributed by atoms with Crippen LogP contribution in [0.1, 0.15) is 31.0 Å². The van der Waals surface area contributed by atoms with Crippen molar-refractivity contribution in [3.8, 4) is 11.4 Å². The second-order valence-corrected chi connectivity index (χ2v) is 6.47. The largest absolute Gasteiger partial charge is 0.500 e. The first-order chi connectivity index (χ1) is 12.0. The Labute approximate surface area is 147 Å². The molecule has 2 aromatic rings. The van der Waals surface area contributed by atoms with E-state index in [0.29, 0.717) is 5.75 Å². The lowest BCUT2D eigenvalue weighted by atomic mass is 10.1. The quantitative estimate of drug-likeness (QED) is 0.458. The standard InChI is InChI=1S/C19H22N2O4/c1-13-5-6-14(21-10-7-17(20-21)19(2)8-9-19)11-15(13)25-16(12-23-3)18(22)24-4/h5-7,10-12H,8-9H2,1-4H3/b16-12-. The van der Waals surface area contributed by atoms with Crippen LogP contribution in [0.25, 0.3) is 5.69 Å². The lowest BCUT2D eigenvalue weighted by molar-refractivity contribution is -0.138. The van der Waals surface area contributed by atoms with Crippen molar-refractivity contribution in [1.82, 2.24) is 9.78 Å². The number of aromatic nitrogens is 2. The van der Waals surface area contributed by atoms with Gasteiger partial charge >= 0.3 is 5.97 Å². The summed E-state index contributed by atoms with van der Waals surface area (Å²) >= 11 is 0. The van der Waals surface area contributed by atoms with Gasteiger partial charge in [0.15, 0.2) is 0 Å². The van der Waals surface area contributed by atoms with E-state index in [9.17, 15) is 4.79 Å². The molecule has 1 saturated carbocycles. The van der Waals surface area contributed by atoms with Crippen LogP contribution in [0.4, 0.5) is 0 Å². The molecule has 0 saturated heterocycles. The average Bonchev–Trinajstić information content (AvgIpc) is 3.16. The summed E-state index contributed by atoms with van der Waals surface area (Å²) < 4.78 is 17.1. The third-order valence-corrected chi connectivity index (χ3v) is 4.48. The summed E-state index contributed by atoms with van der Waals surface area (Å²) in [5, 5.41) is 4.68. The normalized spacial score (nSPS) is 15.6. The predicted octanol–water partition coefficient (Wildman–Crippen LogP) is 3.27. The monoisotopic (exact) mass is 342 g/mol. The summed E-state index contributed by atoms with van der Waals surface area (Å²) in [5.41, 5.74) is 3.06. The number of benzene rings is 1. The number of rotatable bonds is 6. The third kappa shape index (κ3) is 3.52. The maximum absolute atomic E-state index is 11.8. The number of carbonyl (C=O) groups is 1. The lowest BCUT2D eigenvalue weighted by Gasteiger charge is -2.12. The Morgan fingerprint density at radius 2 is 2.04 bits per heavy atom. The van der Waals surface area contributed by atoms with Crippen molar-refractivity contribution < 1.29 is 19.0 Å². The van der Waals surface area contributed by atoms with E-state index in [1.54, 1.807) is 0 Å². The molecule has 0 N–H and O–H groups in total. The van der Waals surface area contributed by atoms with E-state index in [-0.39, 0.29) is 11.2 Å². The molecular formula is C19H22N2O4. The third-order valence-electron chi connectivity index (χ3n) is 4.48. The van der Waals surface area contributed by atoms with Gasteiger partial charge in [-0.25, -0.2) is 9.48 Å². The van der Waals surface area contributed by atoms with Gasteiger partial charge in [-0.1, -0.05) is 13.0 Å². The molecule has 1 heterocycles. The van der Waals surface area contributed by atoms with Crippen molar-refractivity contribution in [2.24, 2.45) is 0 Å². The van der Waals surface area contributed by atoms with Crippen LogP contribution in [0, 0.1) is 6.92 Å². The smallest absolute Gasteiger partial charge is 0.377 e.